The van der Waals surface area contributed by atoms with Gasteiger partial charge in [-0.25, -0.2) is 4.79 Å². The molecule has 4 heteroatoms. The van der Waals surface area contributed by atoms with Gasteiger partial charge in [0.1, 0.15) is 6.04 Å². The van der Waals surface area contributed by atoms with Gasteiger partial charge in [0, 0.05) is 13.6 Å². The van der Waals surface area contributed by atoms with Crippen LogP contribution in [0.1, 0.15) is 11.6 Å². The Balaban J connectivity index is 2.39. The molecule has 1 aromatic rings. The second-order valence-corrected chi connectivity index (χ2v) is 3.93. The molecule has 88 valence electrons. The molecule has 1 saturated heterocycles. The summed E-state index contributed by atoms with van der Waals surface area (Å²) in [6.45, 7) is 3.98. The van der Waals surface area contributed by atoms with Gasteiger partial charge in [-0.3, -0.25) is 9.69 Å². The summed E-state index contributed by atoms with van der Waals surface area (Å²) in [4.78, 5) is 26.6. The van der Waals surface area contributed by atoms with Crippen LogP contribution in [0.15, 0.2) is 43.0 Å². The molecular formula is C13H14N2O2. The summed E-state index contributed by atoms with van der Waals surface area (Å²) in [6, 6.07) is 8.51. The van der Waals surface area contributed by atoms with Crippen molar-refractivity contribution in [2.45, 2.75) is 6.04 Å². The molecule has 1 aliphatic rings. The van der Waals surface area contributed by atoms with Crippen molar-refractivity contribution in [3.63, 3.8) is 0 Å². The van der Waals surface area contributed by atoms with Crippen molar-refractivity contribution >= 4 is 11.9 Å². The van der Waals surface area contributed by atoms with Gasteiger partial charge in [-0.2, -0.15) is 0 Å². The van der Waals surface area contributed by atoms with E-state index in [9.17, 15) is 9.59 Å². The van der Waals surface area contributed by atoms with E-state index in [1.807, 2.05) is 30.3 Å². The number of benzene rings is 1. The minimum atomic E-state index is -0.522. The Labute approximate surface area is 100 Å². The largest absolute Gasteiger partial charge is 0.327 e. The van der Waals surface area contributed by atoms with E-state index in [-0.39, 0.29) is 11.9 Å². The highest BCUT2D eigenvalue weighted by atomic mass is 16.2. The zero-order valence-corrected chi connectivity index (χ0v) is 9.67. The molecule has 1 heterocycles. The predicted octanol–water partition coefficient (Wildman–Crippen LogP) is 1.81. The van der Waals surface area contributed by atoms with E-state index in [1.54, 1.807) is 6.08 Å². The number of imide groups is 1. The van der Waals surface area contributed by atoms with Crippen molar-refractivity contribution in [3.8, 4) is 0 Å². The molecule has 0 spiro atoms. The van der Waals surface area contributed by atoms with Gasteiger partial charge in [0.25, 0.3) is 5.91 Å². The number of likely N-dealkylation sites (N-methyl/N-ethyl adjacent to an activating group) is 1. The Morgan fingerprint density at radius 1 is 1.29 bits per heavy atom. The van der Waals surface area contributed by atoms with Crippen LogP contribution < -0.4 is 0 Å². The van der Waals surface area contributed by atoms with Crippen LogP contribution >= 0.6 is 0 Å². The van der Waals surface area contributed by atoms with Crippen LogP contribution in [0.25, 0.3) is 0 Å². The quantitative estimate of drug-likeness (QED) is 0.587. The lowest BCUT2D eigenvalue weighted by atomic mass is 10.1. The fourth-order valence-corrected chi connectivity index (χ4v) is 1.99. The summed E-state index contributed by atoms with van der Waals surface area (Å²) in [5, 5.41) is 0. The summed E-state index contributed by atoms with van der Waals surface area (Å²) in [5.74, 6) is -0.192. The van der Waals surface area contributed by atoms with Gasteiger partial charge >= 0.3 is 6.03 Å². The molecule has 0 aromatic heterocycles. The third-order valence-corrected chi connectivity index (χ3v) is 2.85. The second-order valence-electron chi connectivity index (χ2n) is 3.93. The molecule has 1 aliphatic heterocycles. The molecule has 1 aromatic carbocycles. The van der Waals surface area contributed by atoms with Crippen molar-refractivity contribution in [2.24, 2.45) is 0 Å². The van der Waals surface area contributed by atoms with E-state index < -0.39 is 6.04 Å². The predicted molar refractivity (Wildman–Crippen MR) is 64.3 cm³/mol. The van der Waals surface area contributed by atoms with Gasteiger partial charge in [0.15, 0.2) is 0 Å². The second kappa shape index (κ2) is 4.41. The van der Waals surface area contributed by atoms with Gasteiger partial charge in [0.05, 0.1) is 0 Å². The molecule has 0 saturated carbocycles. The summed E-state index contributed by atoms with van der Waals surface area (Å²) in [6.07, 6.45) is 1.63. The molecule has 0 N–H and O–H groups in total. The smallest absolute Gasteiger partial charge is 0.304 e. The molecule has 0 unspecified atom stereocenters. The van der Waals surface area contributed by atoms with E-state index in [2.05, 4.69) is 6.58 Å². The first-order valence-electron chi connectivity index (χ1n) is 5.41. The highest BCUT2D eigenvalue weighted by Gasteiger charge is 2.43. The average Bonchev–Trinajstić information content (AvgIpc) is 2.56. The Morgan fingerprint density at radius 3 is 2.53 bits per heavy atom. The van der Waals surface area contributed by atoms with Gasteiger partial charge in [-0.05, 0) is 5.56 Å². The van der Waals surface area contributed by atoms with E-state index in [0.29, 0.717) is 6.54 Å². The lowest BCUT2D eigenvalue weighted by molar-refractivity contribution is -0.127. The third-order valence-electron chi connectivity index (χ3n) is 2.85. The Bertz CT molecular complexity index is 456. The first-order chi connectivity index (χ1) is 8.16. The number of hydrogen-bond donors (Lipinski definition) is 0. The summed E-state index contributed by atoms with van der Waals surface area (Å²) < 4.78 is 0. The normalized spacial score (nSPS) is 19.9. The SMILES string of the molecule is C=CCN1C(=O)N(C)C(=O)[C@@H]1c1ccccc1. The van der Waals surface area contributed by atoms with E-state index in [4.69, 9.17) is 0 Å². The fourth-order valence-electron chi connectivity index (χ4n) is 1.99. The Morgan fingerprint density at radius 2 is 1.94 bits per heavy atom. The zero-order chi connectivity index (χ0) is 12.4. The number of carbonyl (C=O) groups is 2. The molecule has 1 fully saturated rings. The lowest BCUT2D eigenvalue weighted by Gasteiger charge is -2.20. The number of carbonyl (C=O) groups excluding carboxylic acids is 2. The third kappa shape index (κ3) is 1.82. The highest BCUT2D eigenvalue weighted by molar-refractivity contribution is 6.04. The Kier molecular flexibility index (Phi) is 2.95. The van der Waals surface area contributed by atoms with Crippen molar-refractivity contribution in [1.82, 2.24) is 9.80 Å². The Hall–Kier alpha value is -2.10. The van der Waals surface area contributed by atoms with Crippen molar-refractivity contribution in [1.29, 1.82) is 0 Å². The molecular weight excluding hydrogens is 216 g/mol. The topological polar surface area (TPSA) is 40.6 Å². The lowest BCUT2D eigenvalue weighted by Crippen LogP contribution is -2.30. The maximum absolute atomic E-state index is 12.0. The summed E-state index contributed by atoms with van der Waals surface area (Å²) in [7, 11) is 1.50. The molecule has 0 radical (unpaired) electrons. The first-order valence-corrected chi connectivity index (χ1v) is 5.41. The average molecular weight is 230 g/mol. The van der Waals surface area contributed by atoms with Crippen molar-refractivity contribution in [2.75, 3.05) is 13.6 Å². The molecule has 17 heavy (non-hydrogen) atoms. The standard InChI is InChI=1S/C13H14N2O2/c1-3-9-15-11(10-7-5-4-6-8-10)12(16)14(2)13(15)17/h3-8,11H,1,9H2,2H3/t11-/m0/s1. The maximum Gasteiger partial charge on any atom is 0.327 e. The van der Waals surface area contributed by atoms with Gasteiger partial charge in [0.2, 0.25) is 0 Å². The summed E-state index contributed by atoms with van der Waals surface area (Å²) >= 11 is 0. The number of rotatable bonds is 3. The molecule has 3 amide bonds. The molecule has 0 aliphatic carbocycles. The molecule has 0 bridgehead atoms. The van der Waals surface area contributed by atoms with E-state index in [0.717, 1.165) is 10.5 Å². The maximum atomic E-state index is 12.0. The van der Waals surface area contributed by atoms with Crippen molar-refractivity contribution < 1.29 is 9.59 Å². The van der Waals surface area contributed by atoms with Crippen LogP contribution in [0.4, 0.5) is 4.79 Å². The number of hydrogen-bond acceptors (Lipinski definition) is 2. The van der Waals surface area contributed by atoms with E-state index >= 15 is 0 Å². The minimum Gasteiger partial charge on any atom is -0.304 e. The van der Waals surface area contributed by atoms with Crippen LogP contribution in [0, 0.1) is 0 Å². The van der Waals surface area contributed by atoms with Crippen LogP contribution in [-0.2, 0) is 4.79 Å². The van der Waals surface area contributed by atoms with E-state index in [1.165, 1.54) is 11.9 Å². The van der Waals surface area contributed by atoms with Crippen LogP contribution in [0.2, 0.25) is 0 Å². The zero-order valence-electron chi connectivity index (χ0n) is 9.67. The summed E-state index contributed by atoms with van der Waals surface area (Å²) in [5.41, 5.74) is 0.831. The number of amides is 3. The first kappa shape index (κ1) is 11.4. The van der Waals surface area contributed by atoms with Crippen LogP contribution in [0.5, 0.6) is 0 Å². The monoisotopic (exact) mass is 230 g/mol. The van der Waals surface area contributed by atoms with Crippen LogP contribution in [0.3, 0.4) is 0 Å². The van der Waals surface area contributed by atoms with Crippen LogP contribution in [-0.4, -0.2) is 35.3 Å². The molecule has 1 atom stereocenters. The minimum absolute atomic E-state index is 0.192. The van der Waals surface area contributed by atoms with Gasteiger partial charge in [-0.1, -0.05) is 36.4 Å². The highest BCUT2D eigenvalue weighted by Crippen LogP contribution is 2.29. The van der Waals surface area contributed by atoms with Gasteiger partial charge in [-0.15, -0.1) is 6.58 Å². The van der Waals surface area contributed by atoms with Gasteiger partial charge < -0.3 is 4.90 Å². The molecule has 2 rings (SSSR count). The number of nitrogens with zero attached hydrogens (tertiary/aromatic N) is 2. The fraction of sp³-hybridized carbons (Fsp3) is 0.231. The van der Waals surface area contributed by atoms with Crippen molar-refractivity contribution in [3.05, 3.63) is 48.6 Å². The number of urea groups is 1. The molecule has 4 nitrogen and oxygen atoms in total.